The second-order valence-electron chi connectivity index (χ2n) is 2.72. The van der Waals surface area contributed by atoms with Crippen LogP contribution in [0.3, 0.4) is 0 Å². The average molecular weight is 198 g/mol. The molecular formula is C11H18O3. The third-order valence-corrected chi connectivity index (χ3v) is 1.88. The van der Waals surface area contributed by atoms with E-state index in [1.165, 1.54) is 0 Å². The molecular weight excluding hydrogens is 180 g/mol. The van der Waals surface area contributed by atoms with E-state index in [1.54, 1.807) is 0 Å². The minimum absolute atomic E-state index is 0.169. The van der Waals surface area contributed by atoms with Gasteiger partial charge in [-0.2, -0.15) is 0 Å². The largest absolute Gasteiger partial charge is 0.400 e. The molecule has 14 heavy (non-hydrogen) atoms. The highest BCUT2D eigenvalue weighted by atomic mass is 16.3. The third kappa shape index (κ3) is 4.37. The van der Waals surface area contributed by atoms with Crippen molar-refractivity contribution in [2.75, 3.05) is 20.3 Å². The van der Waals surface area contributed by atoms with Gasteiger partial charge in [0.1, 0.15) is 0 Å². The Bertz CT molecular complexity index is 211. The van der Waals surface area contributed by atoms with Crippen molar-refractivity contribution >= 4 is 0 Å². The van der Waals surface area contributed by atoms with Crippen LogP contribution in [0.4, 0.5) is 0 Å². The first-order valence-corrected chi connectivity index (χ1v) is 4.61. The van der Waals surface area contributed by atoms with Crippen LogP contribution in [0.15, 0.2) is 24.3 Å². The lowest BCUT2D eigenvalue weighted by atomic mass is 10.0. The zero-order valence-corrected chi connectivity index (χ0v) is 8.48. The van der Waals surface area contributed by atoms with Crippen LogP contribution in [-0.4, -0.2) is 35.6 Å². The van der Waals surface area contributed by atoms with E-state index in [2.05, 4.69) is 0 Å². The van der Waals surface area contributed by atoms with E-state index < -0.39 is 0 Å². The minimum Gasteiger partial charge on any atom is -0.400 e. The van der Waals surface area contributed by atoms with E-state index in [4.69, 9.17) is 15.3 Å². The van der Waals surface area contributed by atoms with Crippen LogP contribution in [0.1, 0.15) is 11.1 Å². The fourth-order valence-electron chi connectivity index (χ4n) is 1.29. The quantitative estimate of drug-likeness (QED) is 0.655. The molecule has 0 unspecified atom stereocenters. The van der Waals surface area contributed by atoms with Crippen LogP contribution >= 0.6 is 0 Å². The summed E-state index contributed by atoms with van der Waals surface area (Å²) in [5.41, 5.74) is 2.27. The zero-order valence-electron chi connectivity index (χ0n) is 8.48. The van der Waals surface area contributed by atoms with Gasteiger partial charge < -0.3 is 15.3 Å². The molecule has 0 bridgehead atoms. The molecule has 3 nitrogen and oxygen atoms in total. The Hall–Kier alpha value is -0.900. The summed E-state index contributed by atoms with van der Waals surface area (Å²) in [7, 11) is 1.00. The number of aliphatic hydroxyl groups excluding tert-OH is 3. The summed E-state index contributed by atoms with van der Waals surface area (Å²) in [6, 6.07) is 7.88. The number of hydrogen-bond donors (Lipinski definition) is 3. The van der Waals surface area contributed by atoms with Crippen molar-refractivity contribution in [2.45, 2.75) is 12.8 Å². The Morgan fingerprint density at radius 1 is 0.857 bits per heavy atom. The van der Waals surface area contributed by atoms with Gasteiger partial charge in [-0.3, -0.25) is 0 Å². The van der Waals surface area contributed by atoms with Gasteiger partial charge >= 0.3 is 0 Å². The topological polar surface area (TPSA) is 60.7 Å². The van der Waals surface area contributed by atoms with Gasteiger partial charge in [-0.15, -0.1) is 0 Å². The fourth-order valence-corrected chi connectivity index (χ4v) is 1.29. The summed E-state index contributed by atoms with van der Waals surface area (Å²) in [6.45, 7) is 0.338. The van der Waals surface area contributed by atoms with E-state index >= 15 is 0 Å². The lowest BCUT2D eigenvalue weighted by molar-refractivity contribution is 0.293. The molecule has 0 saturated carbocycles. The maximum atomic E-state index is 8.75. The smallest absolute Gasteiger partial charge is 0.0471 e. The van der Waals surface area contributed by atoms with Crippen molar-refractivity contribution in [3.63, 3.8) is 0 Å². The maximum Gasteiger partial charge on any atom is 0.0471 e. The van der Waals surface area contributed by atoms with Gasteiger partial charge in [-0.25, -0.2) is 0 Å². The molecule has 1 rings (SSSR count). The van der Waals surface area contributed by atoms with Crippen molar-refractivity contribution in [3.05, 3.63) is 35.4 Å². The lowest BCUT2D eigenvalue weighted by Crippen LogP contribution is -1.99. The monoisotopic (exact) mass is 198 g/mol. The minimum atomic E-state index is 0.169. The normalized spacial score (nSPS) is 9.14. The zero-order chi connectivity index (χ0) is 10.8. The van der Waals surface area contributed by atoms with Gasteiger partial charge in [0.05, 0.1) is 0 Å². The van der Waals surface area contributed by atoms with Gasteiger partial charge in [0.15, 0.2) is 0 Å². The van der Waals surface area contributed by atoms with Crippen LogP contribution in [0.5, 0.6) is 0 Å². The first-order valence-electron chi connectivity index (χ1n) is 4.61. The van der Waals surface area contributed by atoms with E-state index in [-0.39, 0.29) is 13.2 Å². The van der Waals surface area contributed by atoms with Gasteiger partial charge in [0.25, 0.3) is 0 Å². The molecule has 0 saturated heterocycles. The van der Waals surface area contributed by atoms with E-state index in [0.717, 1.165) is 18.2 Å². The number of aliphatic hydroxyl groups is 3. The number of rotatable bonds is 4. The van der Waals surface area contributed by atoms with Crippen molar-refractivity contribution < 1.29 is 15.3 Å². The second kappa shape index (κ2) is 8.69. The molecule has 0 aliphatic rings. The lowest BCUT2D eigenvalue weighted by Gasteiger charge is -2.05. The molecule has 1 aromatic carbocycles. The molecule has 0 aliphatic heterocycles. The molecule has 0 aromatic heterocycles. The number of benzene rings is 1. The van der Waals surface area contributed by atoms with Crippen LogP contribution in [0.25, 0.3) is 0 Å². The van der Waals surface area contributed by atoms with Gasteiger partial charge in [-0.05, 0) is 24.0 Å². The second-order valence-corrected chi connectivity index (χ2v) is 2.72. The molecule has 0 amide bonds. The Balaban J connectivity index is 0.000000791. The summed E-state index contributed by atoms with van der Waals surface area (Å²) in [5.74, 6) is 0. The molecule has 0 spiro atoms. The summed E-state index contributed by atoms with van der Waals surface area (Å²) in [5, 5.41) is 24.5. The highest BCUT2D eigenvalue weighted by Gasteiger charge is 1.99. The summed E-state index contributed by atoms with van der Waals surface area (Å²) < 4.78 is 0. The molecule has 0 heterocycles. The molecule has 80 valence electrons. The van der Waals surface area contributed by atoms with Gasteiger partial charge in [-0.1, -0.05) is 24.3 Å². The molecule has 3 heteroatoms. The molecule has 1 aromatic rings. The van der Waals surface area contributed by atoms with Crippen LogP contribution in [-0.2, 0) is 12.8 Å². The Morgan fingerprint density at radius 2 is 1.21 bits per heavy atom. The Labute approximate surface area is 84.6 Å². The van der Waals surface area contributed by atoms with Crippen molar-refractivity contribution in [1.29, 1.82) is 0 Å². The van der Waals surface area contributed by atoms with Crippen LogP contribution in [0.2, 0.25) is 0 Å². The van der Waals surface area contributed by atoms with Crippen molar-refractivity contribution in [3.8, 4) is 0 Å². The Morgan fingerprint density at radius 3 is 1.50 bits per heavy atom. The molecule has 0 fully saturated rings. The SMILES string of the molecule is CO.OCCc1ccccc1CCO. The predicted molar refractivity (Wildman–Crippen MR) is 56.2 cm³/mol. The van der Waals surface area contributed by atoms with E-state index in [0.29, 0.717) is 12.8 Å². The van der Waals surface area contributed by atoms with Crippen molar-refractivity contribution in [1.82, 2.24) is 0 Å². The van der Waals surface area contributed by atoms with Gasteiger partial charge in [0, 0.05) is 20.3 Å². The molecule has 0 atom stereocenters. The first kappa shape index (κ1) is 13.1. The first-order chi connectivity index (χ1) is 6.88. The van der Waals surface area contributed by atoms with Gasteiger partial charge in [0.2, 0.25) is 0 Å². The standard InChI is InChI=1S/C10H14O2.CH4O/c11-7-5-9-3-1-2-4-10(9)6-8-12;1-2/h1-4,11-12H,5-8H2;2H,1H3. The molecule has 3 N–H and O–H groups in total. The van der Waals surface area contributed by atoms with Crippen molar-refractivity contribution in [2.24, 2.45) is 0 Å². The molecule has 0 aliphatic carbocycles. The molecule has 0 radical (unpaired) electrons. The van der Waals surface area contributed by atoms with E-state index in [9.17, 15) is 0 Å². The summed E-state index contributed by atoms with van der Waals surface area (Å²) in [4.78, 5) is 0. The maximum absolute atomic E-state index is 8.75. The van der Waals surface area contributed by atoms with Crippen LogP contribution in [0, 0.1) is 0 Å². The summed E-state index contributed by atoms with van der Waals surface area (Å²) >= 11 is 0. The predicted octanol–water partition coefficient (Wildman–Crippen LogP) is 0.365. The Kier molecular flexibility index (Phi) is 8.13. The summed E-state index contributed by atoms with van der Waals surface area (Å²) in [6.07, 6.45) is 1.35. The van der Waals surface area contributed by atoms with E-state index in [1.807, 2.05) is 24.3 Å². The number of hydrogen-bond acceptors (Lipinski definition) is 3. The fraction of sp³-hybridized carbons (Fsp3) is 0.455. The highest BCUT2D eigenvalue weighted by Crippen LogP contribution is 2.09. The van der Waals surface area contributed by atoms with Crippen LogP contribution < -0.4 is 0 Å². The average Bonchev–Trinajstić information content (AvgIpc) is 2.25. The highest BCUT2D eigenvalue weighted by molar-refractivity contribution is 5.27. The third-order valence-electron chi connectivity index (χ3n) is 1.88.